The molecule has 2 fully saturated rings. The predicted octanol–water partition coefficient (Wildman–Crippen LogP) is 2.67. The summed E-state index contributed by atoms with van der Waals surface area (Å²) in [5.74, 6) is 0. The molecular formula is C16H30O4. The number of hydrogen-bond donors (Lipinski definition) is 1. The zero-order chi connectivity index (χ0) is 14.2. The van der Waals surface area contributed by atoms with E-state index in [-0.39, 0.29) is 18.3 Å². The van der Waals surface area contributed by atoms with Crippen molar-refractivity contribution in [1.82, 2.24) is 0 Å². The van der Waals surface area contributed by atoms with Gasteiger partial charge in [0.1, 0.15) is 24.4 Å². The molecule has 0 aromatic rings. The molecule has 2 aliphatic rings. The van der Waals surface area contributed by atoms with Crippen LogP contribution in [0.1, 0.15) is 58.3 Å². The maximum Gasteiger partial charge on any atom is 0.115 e. The Labute approximate surface area is 122 Å². The van der Waals surface area contributed by atoms with Crippen LogP contribution in [0.3, 0.4) is 0 Å². The number of rotatable bonds is 10. The lowest BCUT2D eigenvalue weighted by atomic mass is 10.1. The number of unbranched alkanes of at least 4 members (excludes halogenated alkanes) is 7. The van der Waals surface area contributed by atoms with Crippen molar-refractivity contribution in [2.75, 3.05) is 19.8 Å². The van der Waals surface area contributed by atoms with Gasteiger partial charge in [-0.25, -0.2) is 0 Å². The van der Waals surface area contributed by atoms with E-state index in [4.69, 9.17) is 14.2 Å². The lowest BCUT2D eigenvalue weighted by Gasteiger charge is -2.16. The van der Waals surface area contributed by atoms with Gasteiger partial charge in [0.25, 0.3) is 0 Å². The van der Waals surface area contributed by atoms with Crippen molar-refractivity contribution in [1.29, 1.82) is 0 Å². The topological polar surface area (TPSA) is 47.9 Å². The smallest absolute Gasteiger partial charge is 0.115 e. The molecule has 2 aliphatic heterocycles. The molecule has 0 spiro atoms. The second kappa shape index (κ2) is 8.98. The maximum absolute atomic E-state index is 9.64. The van der Waals surface area contributed by atoms with Crippen LogP contribution in [0.25, 0.3) is 0 Å². The third kappa shape index (κ3) is 4.69. The highest BCUT2D eigenvalue weighted by Crippen LogP contribution is 2.28. The van der Waals surface area contributed by atoms with Crippen molar-refractivity contribution in [3.8, 4) is 0 Å². The van der Waals surface area contributed by atoms with Gasteiger partial charge in [-0.15, -0.1) is 0 Å². The molecule has 2 saturated heterocycles. The van der Waals surface area contributed by atoms with Gasteiger partial charge in [-0.1, -0.05) is 51.9 Å². The van der Waals surface area contributed by atoms with Crippen molar-refractivity contribution in [3.63, 3.8) is 0 Å². The molecule has 0 aromatic carbocycles. The molecule has 0 aromatic heterocycles. The zero-order valence-corrected chi connectivity index (χ0v) is 12.8. The van der Waals surface area contributed by atoms with Crippen molar-refractivity contribution >= 4 is 0 Å². The quantitative estimate of drug-likeness (QED) is 0.627. The first kappa shape index (κ1) is 16.2. The fraction of sp³-hybridized carbons (Fsp3) is 1.00. The molecule has 20 heavy (non-hydrogen) atoms. The molecule has 118 valence electrons. The molecule has 0 bridgehead atoms. The third-order valence-electron chi connectivity index (χ3n) is 4.31. The summed E-state index contributed by atoms with van der Waals surface area (Å²) in [6, 6.07) is 0. The summed E-state index contributed by atoms with van der Waals surface area (Å²) in [5.41, 5.74) is 0. The third-order valence-corrected chi connectivity index (χ3v) is 4.31. The van der Waals surface area contributed by atoms with Crippen molar-refractivity contribution < 1.29 is 19.3 Å². The molecule has 2 heterocycles. The maximum atomic E-state index is 9.64. The number of aliphatic hydroxyl groups excluding tert-OH is 1. The average Bonchev–Trinajstić information content (AvgIpc) is 3.01. The van der Waals surface area contributed by atoms with Gasteiger partial charge in [-0.05, 0) is 6.42 Å². The van der Waals surface area contributed by atoms with E-state index in [2.05, 4.69) is 6.92 Å². The monoisotopic (exact) mass is 286 g/mol. The van der Waals surface area contributed by atoms with Gasteiger partial charge in [0.15, 0.2) is 0 Å². The van der Waals surface area contributed by atoms with Crippen molar-refractivity contribution in [3.05, 3.63) is 0 Å². The van der Waals surface area contributed by atoms with E-state index in [0.717, 1.165) is 13.0 Å². The molecule has 0 amide bonds. The van der Waals surface area contributed by atoms with E-state index in [0.29, 0.717) is 13.2 Å². The summed E-state index contributed by atoms with van der Waals surface area (Å²) in [4.78, 5) is 0. The van der Waals surface area contributed by atoms with Gasteiger partial charge in [0.05, 0.1) is 13.2 Å². The highest BCUT2D eigenvalue weighted by atomic mass is 16.6. The molecule has 0 aliphatic carbocycles. The summed E-state index contributed by atoms with van der Waals surface area (Å²) in [5, 5.41) is 9.64. The van der Waals surface area contributed by atoms with E-state index in [9.17, 15) is 5.11 Å². The number of ether oxygens (including phenoxy) is 3. The van der Waals surface area contributed by atoms with Gasteiger partial charge in [-0.3, -0.25) is 0 Å². The fourth-order valence-electron chi connectivity index (χ4n) is 3.06. The Bertz CT molecular complexity index is 259. The second-order valence-electron chi connectivity index (χ2n) is 6.05. The molecule has 4 unspecified atom stereocenters. The average molecular weight is 286 g/mol. The Kier molecular flexibility index (Phi) is 7.28. The number of aliphatic hydroxyl groups is 1. The van der Waals surface area contributed by atoms with Crippen LogP contribution in [0, 0.1) is 0 Å². The molecule has 0 radical (unpaired) electrons. The largest absolute Gasteiger partial charge is 0.388 e. The molecule has 2 rings (SSSR count). The van der Waals surface area contributed by atoms with Gasteiger partial charge in [0, 0.05) is 6.61 Å². The Morgan fingerprint density at radius 2 is 1.55 bits per heavy atom. The van der Waals surface area contributed by atoms with Crippen LogP contribution >= 0.6 is 0 Å². The Balaban J connectivity index is 1.44. The predicted molar refractivity (Wildman–Crippen MR) is 77.8 cm³/mol. The first-order valence-electron chi connectivity index (χ1n) is 8.35. The van der Waals surface area contributed by atoms with E-state index in [1.54, 1.807) is 0 Å². The highest BCUT2D eigenvalue weighted by Gasteiger charge is 2.47. The van der Waals surface area contributed by atoms with Gasteiger partial charge in [-0.2, -0.15) is 0 Å². The van der Waals surface area contributed by atoms with E-state index in [1.807, 2.05) is 0 Å². The molecule has 4 nitrogen and oxygen atoms in total. The Morgan fingerprint density at radius 1 is 0.900 bits per heavy atom. The second-order valence-corrected chi connectivity index (χ2v) is 6.05. The SMILES string of the molecule is CCCCCCCCCCOC1COC2C(O)COC12. The van der Waals surface area contributed by atoms with Gasteiger partial charge >= 0.3 is 0 Å². The lowest BCUT2D eigenvalue weighted by molar-refractivity contribution is -0.0378. The highest BCUT2D eigenvalue weighted by molar-refractivity contribution is 4.94. The minimum atomic E-state index is -0.475. The zero-order valence-electron chi connectivity index (χ0n) is 12.8. The van der Waals surface area contributed by atoms with Gasteiger partial charge in [0.2, 0.25) is 0 Å². The van der Waals surface area contributed by atoms with Crippen LogP contribution in [0.15, 0.2) is 0 Å². The van der Waals surface area contributed by atoms with E-state index in [1.165, 1.54) is 44.9 Å². The minimum absolute atomic E-state index is 0.0155. The summed E-state index contributed by atoms with van der Waals surface area (Å²) >= 11 is 0. The van der Waals surface area contributed by atoms with Crippen molar-refractivity contribution in [2.45, 2.75) is 82.7 Å². The number of hydrogen-bond acceptors (Lipinski definition) is 4. The molecule has 4 atom stereocenters. The van der Waals surface area contributed by atoms with E-state index < -0.39 is 6.10 Å². The van der Waals surface area contributed by atoms with Crippen LogP contribution in [0.2, 0.25) is 0 Å². The normalized spacial score (nSPS) is 32.7. The Morgan fingerprint density at radius 3 is 2.30 bits per heavy atom. The number of fused-ring (bicyclic) bond motifs is 1. The fourth-order valence-corrected chi connectivity index (χ4v) is 3.06. The van der Waals surface area contributed by atoms with Crippen LogP contribution in [0.4, 0.5) is 0 Å². The summed E-state index contributed by atoms with van der Waals surface area (Å²) < 4.78 is 16.9. The van der Waals surface area contributed by atoms with Crippen LogP contribution in [0.5, 0.6) is 0 Å². The first-order valence-corrected chi connectivity index (χ1v) is 8.35. The van der Waals surface area contributed by atoms with Crippen molar-refractivity contribution in [2.24, 2.45) is 0 Å². The van der Waals surface area contributed by atoms with E-state index >= 15 is 0 Å². The molecular weight excluding hydrogens is 256 g/mol. The summed E-state index contributed by atoms with van der Waals surface area (Å²) in [6.07, 6.45) is 9.80. The van der Waals surface area contributed by atoms with Crippen LogP contribution in [-0.2, 0) is 14.2 Å². The summed E-state index contributed by atoms with van der Waals surface area (Å²) in [7, 11) is 0. The van der Waals surface area contributed by atoms with Gasteiger partial charge < -0.3 is 19.3 Å². The summed E-state index contributed by atoms with van der Waals surface area (Å²) in [6.45, 7) is 3.98. The standard InChI is InChI=1S/C16H30O4/c1-2-3-4-5-6-7-8-9-10-18-14-12-20-15-13(17)11-19-16(14)15/h13-17H,2-12H2,1H3. The lowest BCUT2D eigenvalue weighted by Crippen LogP contribution is -2.33. The molecule has 1 N–H and O–H groups in total. The first-order chi connectivity index (χ1) is 9.83. The van der Waals surface area contributed by atoms with Crippen LogP contribution in [-0.4, -0.2) is 49.3 Å². The molecule has 0 saturated carbocycles. The molecule has 4 heteroatoms. The van der Waals surface area contributed by atoms with Crippen LogP contribution < -0.4 is 0 Å². The Hall–Kier alpha value is -0.160. The minimum Gasteiger partial charge on any atom is -0.388 e.